The molecule has 5 heterocycles. The van der Waals surface area contributed by atoms with E-state index < -0.39 is 0 Å². The Kier molecular flexibility index (Phi) is 3.40. The van der Waals surface area contributed by atoms with Gasteiger partial charge >= 0.3 is 0 Å². The van der Waals surface area contributed by atoms with Crippen molar-refractivity contribution in [1.29, 1.82) is 0 Å². The Labute approximate surface area is 148 Å². The maximum Gasteiger partial charge on any atom is 0.203 e. The first-order valence-electron chi connectivity index (χ1n) is 8.67. The summed E-state index contributed by atoms with van der Waals surface area (Å²) in [6, 6.07) is 0. The molecule has 1 N–H and O–H groups in total. The van der Waals surface area contributed by atoms with Gasteiger partial charge in [-0.1, -0.05) is 6.92 Å². The van der Waals surface area contributed by atoms with Crippen LogP contribution in [0.1, 0.15) is 12.7 Å². The highest BCUT2D eigenvalue weighted by Crippen LogP contribution is 2.24. The molecule has 0 atom stereocenters. The molecule has 0 unspecified atom stereocenters. The third kappa shape index (κ3) is 2.25. The van der Waals surface area contributed by atoms with Gasteiger partial charge in [-0.2, -0.15) is 5.10 Å². The first kappa shape index (κ1) is 15.0. The van der Waals surface area contributed by atoms with Crippen LogP contribution in [0.25, 0.3) is 16.7 Å². The molecule has 1 saturated heterocycles. The van der Waals surface area contributed by atoms with Crippen LogP contribution in [0.2, 0.25) is 0 Å². The lowest BCUT2D eigenvalue weighted by Gasteiger charge is -2.36. The van der Waals surface area contributed by atoms with Crippen molar-refractivity contribution in [3.8, 4) is 0 Å². The van der Waals surface area contributed by atoms with Gasteiger partial charge < -0.3 is 9.80 Å². The van der Waals surface area contributed by atoms with Gasteiger partial charge in [-0.05, 0) is 0 Å². The van der Waals surface area contributed by atoms with Gasteiger partial charge in [0.15, 0.2) is 11.5 Å². The van der Waals surface area contributed by atoms with Crippen LogP contribution in [0.3, 0.4) is 0 Å². The summed E-state index contributed by atoms with van der Waals surface area (Å²) in [5, 5.41) is 16.5. The maximum absolute atomic E-state index is 4.56. The summed E-state index contributed by atoms with van der Waals surface area (Å²) in [5.41, 5.74) is 1.58. The van der Waals surface area contributed by atoms with Crippen LogP contribution in [-0.4, -0.2) is 65.9 Å². The SMILES string of the molecule is CCc1nnc2c(N3CCN(c4ncnc5[nH]ncc45)CC3)nccn12. The van der Waals surface area contributed by atoms with E-state index in [-0.39, 0.29) is 0 Å². The van der Waals surface area contributed by atoms with Gasteiger partial charge in [0.05, 0.1) is 11.6 Å². The van der Waals surface area contributed by atoms with Gasteiger partial charge in [0, 0.05) is 45.0 Å². The van der Waals surface area contributed by atoms with E-state index in [0.717, 1.165) is 66.7 Å². The van der Waals surface area contributed by atoms with Gasteiger partial charge in [-0.3, -0.25) is 9.50 Å². The summed E-state index contributed by atoms with van der Waals surface area (Å²) in [6.07, 6.45) is 7.93. The van der Waals surface area contributed by atoms with Gasteiger partial charge in [-0.25, -0.2) is 15.0 Å². The molecule has 0 amide bonds. The Balaban J connectivity index is 1.41. The Hall–Kier alpha value is -3.30. The average Bonchev–Trinajstić information content (AvgIpc) is 3.34. The molecule has 0 spiro atoms. The van der Waals surface area contributed by atoms with Crippen molar-refractivity contribution in [3.63, 3.8) is 0 Å². The zero-order chi connectivity index (χ0) is 17.5. The van der Waals surface area contributed by atoms with E-state index in [9.17, 15) is 0 Å². The van der Waals surface area contributed by atoms with Crippen molar-refractivity contribution in [3.05, 3.63) is 30.7 Å². The molecule has 0 saturated carbocycles. The molecule has 1 aliphatic rings. The molecule has 4 aromatic heterocycles. The van der Waals surface area contributed by atoms with Crippen molar-refractivity contribution in [2.24, 2.45) is 0 Å². The van der Waals surface area contributed by atoms with Gasteiger partial charge in [-0.15, -0.1) is 10.2 Å². The number of H-pyrrole nitrogens is 1. The number of nitrogens with one attached hydrogen (secondary N) is 1. The number of aromatic amines is 1. The molecule has 10 heteroatoms. The Morgan fingerprint density at radius 3 is 2.62 bits per heavy atom. The van der Waals surface area contributed by atoms with Gasteiger partial charge in [0.2, 0.25) is 5.65 Å². The second-order valence-electron chi connectivity index (χ2n) is 6.22. The summed E-state index contributed by atoms with van der Waals surface area (Å²) in [4.78, 5) is 17.7. The molecule has 0 radical (unpaired) electrons. The molecule has 0 aromatic carbocycles. The van der Waals surface area contributed by atoms with Crippen molar-refractivity contribution in [1.82, 2.24) is 39.7 Å². The predicted octanol–water partition coefficient (Wildman–Crippen LogP) is 0.680. The second kappa shape index (κ2) is 5.90. The van der Waals surface area contributed by atoms with Crippen LogP contribution in [0.15, 0.2) is 24.9 Å². The highest BCUT2D eigenvalue weighted by Gasteiger charge is 2.23. The molecule has 5 rings (SSSR count). The lowest BCUT2D eigenvalue weighted by atomic mass is 10.2. The Morgan fingerprint density at radius 2 is 1.81 bits per heavy atom. The predicted molar refractivity (Wildman–Crippen MR) is 96.3 cm³/mol. The number of hydrogen-bond acceptors (Lipinski definition) is 8. The summed E-state index contributed by atoms with van der Waals surface area (Å²) in [7, 11) is 0. The van der Waals surface area contributed by atoms with Crippen LogP contribution in [0.5, 0.6) is 0 Å². The highest BCUT2D eigenvalue weighted by molar-refractivity contribution is 5.86. The quantitative estimate of drug-likeness (QED) is 0.575. The van der Waals surface area contributed by atoms with E-state index in [2.05, 4.69) is 52.1 Å². The van der Waals surface area contributed by atoms with Crippen LogP contribution in [0, 0.1) is 0 Å². The molecule has 26 heavy (non-hydrogen) atoms. The highest BCUT2D eigenvalue weighted by atomic mass is 15.3. The van der Waals surface area contributed by atoms with Gasteiger partial charge in [0.25, 0.3) is 0 Å². The number of anilines is 2. The minimum Gasteiger partial charge on any atom is -0.352 e. The fourth-order valence-electron chi connectivity index (χ4n) is 3.46. The summed E-state index contributed by atoms with van der Waals surface area (Å²) in [6.45, 7) is 5.44. The summed E-state index contributed by atoms with van der Waals surface area (Å²) < 4.78 is 2.02. The van der Waals surface area contributed by atoms with Crippen molar-refractivity contribution < 1.29 is 0 Å². The topological polar surface area (TPSA) is 104 Å². The lowest BCUT2D eigenvalue weighted by Crippen LogP contribution is -2.47. The number of fused-ring (bicyclic) bond motifs is 2. The smallest absolute Gasteiger partial charge is 0.203 e. The Morgan fingerprint density at radius 1 is 1.00 bits per heavy atom. The van der Waals surface area contributed by atoms with Crippen LogP contribution in [0.4, 0.5) is 11.6 Å². The molecule has 1 aliphatic heterocycles. The lowest BCUT2D eigenvalue weighted by molar-refractivity contribution is 0.643. The monoisotopic (exact) mass is 350 g/mol. The van der Waals surface area contributed by atoms with E-state index in [1.807, 2.05) is 16.8 Å². The summed E-state index contributed by atoms with van der Waals surface area (Å²) in [5.74, 6) is 2.76. The fraction of sp³-hybridized carbons (Fsp3) is 0.375. The minimum absolute atomic E-state index is 0.763. The minimum atomic E-state index is 0.763. The Bertz CT molecular complexity index is 1060. The molecule has 0 bridgehead atoms. The zero-order valence-electron chi connectivity index (χ0n) is 14.4. The fourth-order valence-corrected chi connectivity index (χ4v) is 3.46. The largest absolute Gasteiger partial charge is 0.352 e. The molecule has 1 fully saturated rings. The number of hydrogen-bond donors (Lipinski definition) is 1. The van der Waals surface area contributed by atoms with E-state index in [0.29, 0.717) is 0 Å². The van der Waals surface area contributed by atoms with E-state index in [1.165, 1.54) is 0 Å². The third-order valence-electron chi connectivity index (χ3n) is 4.80. The first-order chi connectivity index (χ1) is 12.8. The number of aryl methyl sites for hydroxylation is 1. The number of piperazine rings is 1. The van der Waals surface area contributed by atoms with Crippen molar-refractivity contribution >= 4 is 28.3 Å². The van der Waals surface area contributed by atoms with E-state index in [4.69, 9.17) is 0 Å². The second-order valence-corrected chi connectivity index (χ2v) is 6.22. The molecule has 10 nitrogen and oxygen atoms in total. The number of aromatic nitrogens is 8. The van der Waals surface area contributed by atoms with Gasteiger partial charge in [0.1, 0.15) is 18.0 Å². The van der Waals surface area contributed by atoms with Crippen molar-refractivity contribution in [2.75, 3.05) is 36.0 Å². The zero-order valence-corrected chi connectivity index (χ0v) is 14.4. The third-order valence-corrected chi connectivity index (χ3v) is 4.80. The average molecular weight is 350 g/mol. The standard InChI is InChI=1S/C16H18N10/c1-2-12-21-23-16-15(17-3-4-26(12)16)25-7-5-24(6-8-25)14-11-9-20-22-13(11)18-10-19-14/h3-4,9-10H,2,5-8H2,1H3,(H,18,19,20,22). The normalized spacial score (nSPS) is 15.3. The molecular weight excluding hydrogens is 332 g/mol. The molecule has 0 aliphatic carbocycles. The summed E-state index contributed by atoms with van der Waals surface area (Å²) >= 11 is 0. The first-order valence-corrected chi connectivity index (χ1v) is 8.67. The number of rotatable bonds is 3. The van der Waals surface area contributed by atoms with Crippen LogP contribution in [-0.2, 0) is 6.42 Å². The molecule has 4 aromatic rings. The van der Waals surface area contributed by atoms with E-state index >= 15 is 0 Å². The maximum atomic E-state index is 4.56. The number of nitrogens with zero attached hydrogens (tertiary/aromatic N) is 9. The van der Waals surface area contributed by atoms with E-state index in [1.54, 1.807) is 12.5 Å². The molecular formula is C16H18N10. The molecule has 132 valence electrons. The van der Waals surface area contributed by atoms with Crippen LogP contribution >= 0.6 is 0 Å². The van der Waals surface area contributed by atoms with Crippen LogP contribution < -0.4 is 9.80 Å². The van der Waals surface area contributed by atoms with Crippen molar-refractivity contribution in [2.45, 2.75) is 13.3 Å².